The first-order valence-electron chi connectivity index (χ1n) is 23.5. The highest BCUT2D eigenvalue weighted by molar-refractivity contribution is 5.71. The molecular formula is C53H84O6. The third kappa shape index (κ3) is 45.0. The zero-order valence-corrected chi connectivity index (χ0v) is 37.7. The Morgan fingerprint density at radius 3 is 1.27 bits per heavy atom. The smallest absolute Gasteiger partial charge is 0.306 e. The Kier molecular flexibility index (Phi) is 43.6. The van der Waals surface area contributed by atoms with Gasteiger partial charge >= 0.3 is 17.9 Å². The van der Waals surface area contributed by atoms with Gasteiger partial charge in [0.05, 0.1) is 0 Å². The lowest BCUT2D eigenvalue weighted by Crippen LogP contribution is -2.30. The van der Waals surface area contributed by atoms with Crippen LogP contribution < -0.4 is 0 Å². The number of carbonyl (C=O) groups is 3. The van der Waals surface area contributed by atoms with Crippen molar-refractivity contribution in [2.75, 3.05) is 13.2 Å². The maximum atomic E-state index is 12.7. The highest BCUT2D eigenvalue weighted by Crippen LogP contribution is 2.12. The SMILES string of the molecule is CC\C=C/C=C\C=C/C=C\CCCCCCCC(=O)OCC(COC(=O)CC/C=C\C/C=C\CCCCCCCC)OC(=O)CCCCCCC\C=C/C=C\C=C/CC. The first-order chi connectivity index (χ1) is 29.0. The second kappa shape index (κ2) is 46.8. The van der Waals surface area contributed by atoms with E-state index in [1.807, 2.05) is 36.5 Å². The van der Waals surface area contributed by atoms with Crippen LogP contribution in [0.2, 0.25) is 0 Å². The van der Waals surface area contributed by atoms with Crippen molar-refractivity contribution < 1.29 is 28.6 Å². The fourth-order valence-electron chi connectivity index (χ4n) is 5.92. The molecule has 1 unspecified atom stereocenters. The number of allylic oxidation sites excluding steroid dienone is 18. The van der Waals surface area contributed by atoms with E-state index in [-0.39, 0.29) is 44.0 Å². The summed E-state index contributed by atoms with van der Waals surface area (Å²) in [4.78, 5) is 37.8. The van der Waals surface area contributed by atoms with Crippen molar-refractivity contribution in [2.45, 2.75) is 194 Å². The maximum absolute atomic E-state index is 12.7. The molecule has 0 rings (SSSR count). The molecule has 0 N–H and O–H groups in total. The van der Waals surface area contributed by atoms with Crippen molar-refractivity contribution >= 4 is 17.9 Å². The van der Waals surface area contributed by atoms with Crippen molar-refractivity contribution in [1.29, 1.82) is 0 Å². The molecule has 0 aliphatic heterocycles. The number of rotatable bonds is 40. The van der Waals surface area contributed by atoms with Gasteiger partial charge in [-0.2, -0.15) is 0 Å². The molecule has 0 aromatic rings. The Labute approximate surface area is 361 Å². The molecule has 0 saturated carbocycles. The Hall–Kier alpha value is -3.93. The molecule has 0 radical (unpaired) electrons. The quantitative estimate of drug-likeness (QED) is 0.0201. The zero-order valence-electron chi connectivity index (χ0n) is 37.7. The molecule has 0 spiro atoms. The standard InChI is InChI=1S/C53H84O6/c1-4-7-10-13-16-19-22-25-26-29-31-34-37-40-43-46-52(55)58-49-50(59-53(56)47-44-41-38-35-32-28-24-21-18-15-12-9-6-3)48-57-51(54)45-42-39-36-33-30-27-23-20-17-14-11-8-5-2/h7,9-10,12-13,15-16,18-19,21-22,24-27,30,36,39,50H,4-6,8,11,14,17,20,23,28-29,31-35,37-38,40-49H2,1-3H3/b10-7-,12-9-,16-13-,18-15-,22-19-,24-21-,26-25-,30-27-,39-36-. The predicted molar refractivity (Wildman–Crippen MR) is 251 cm³/mol. The van der Waals surface area contributed by atoms with E-state index in [0.717, 1.165) is 103 Å². The van der Waals surface area contributed by atoms with E-state index in [2.05, 4.69) is 93.7 Å². The van der Waals surface area contributed by atoms with Crippen LogP contribution in [0.3, 0.4) is 0 Å². The molecule has 0 amide bonds. The van der Waals surface area contributed by atoms with Gasteiger partial charge in [0.1, 0.15) is 13.2 Å². The molecule has 0 aromatic heterocycles. The summed E-state index contributed by atoms with van der Waals surface area (Å²) in [5.41, 5.74) is 0. The third-order valence-electron chi connectivity index (χ3n) is 9.41. The van der Waals surface area contributed by atoms with E-state index in [1.54, 1.807) is 0 Å². The number of hydrogen-bond donors (Lipinski definition) is 0. The van der Waals surface area contributed by atoms with E-state index in [1.165, 1.54) is 38.5 Å². The van der Waals surface area contributed by atoms with E-state index < -0.39 is 6.10 Å². The molecule has 59 heavy (non-hydrogen) atoms. The summed E-state index contributed by atoms with van der Waals surface area (Å²) >= 11 is 0. The van der Waals surface area contributed by atoms with E-state index in [9.17, 15) is 14.4 Å². The highest BCUT2D eigenvalue weighted by Gasteiger charge is 2.19. The van der Waals surface area contributed by atoms with Crippen LogP contribution in [-0.2, 0) is 28.6 Å². The first-order valence-corrected chi connectivity index (χ1v) is 23.5. The van der Waals surface area contributed by atoms with Gasteiger partial charge in [0.2, 0.25) is 0 Å². The van der Waals surface area contributed by atoms with Gasteiger partial charge in [-0.25, -0.2) is 0 Å². The van der Waals surface area contributed by atoms with Gasteiger partial charge in [0.15, 0.2) is 6.10 Å². The van der Waals surface area contributed by atoms with E-state index in [0.29, 0.717) is 12.8 Å². The second-order valence-electron chi connectivity index (χ2n) is 15.0. The van der Waals surface area contributed by atoms with Crippen LogP contribution in [0, 0.1) is 0 Å². The first kappa shape index (κ1) is 55.1. The van der Waals surface area contributed by atoms with Crippen molar-refractivity contribution in [1.82, 2.24) is 0 Å². The van der Waals surface area contributed by atoms with Crippen LogP contribution >= 0.6 is 0 Å². The molecule has 332 valence electrons. The van der Waals surface area contributed by atoms with Crippen LogP contribution in [-0.4, -0.2) is 37.2 Å². The fourth-order valence-corrected chi connectivity index (χ4v) is 5.92. The average molecular weight is 817 g/mol. The van der Waals surface area contributed by atoms with E-state index >= 15 is 0 Å². The van der Waals surface area contributed by atoms with Crippen LogP contribution in [0.4, 0.5) is 0 Å². The minimum absolute atomic E-state index is 0.119. The molecule has 6 nitrogen and oxygen atoms in total. The van der Waals surface area contributed by atoms with Crippen molar-refractivity contribution in [2.24, 2.45) is 0 Å². The zero-order chi connectivity index (χ0) is 43.0. The molecule has 0 fully saturated rings. The van der Waals surface area contributed by atoms with Crippen LogP contribution in [0.25, 0.3) is 0 Å². The average Bonchev–Trinajstić information content (AvgIpc) is 3.23. The Balaban J connectivity index is 4.55. The monoisotopic (exact) mass is 817 g/mol. The Morgan fingerprint density at radius 2 is 0.763 bits per heavy atom. The van der Waals surface area contributed by atoms with Crippen LogP contribution in [0.1, 0.15) is 188 Å². The summed E-state index contributed by atoms with van der Waals surface area (Å²) in [7, 11) is 0. The number of unbranched alkanes of at least 4 members (excludes halogenated alkanes) is 16. The largest absolute Gasteiger partial charge is 0.462 e. The van der Waals surface area contributed by atoms with Crippen LogP contribution in [0.5, 0.6) is 0 Å². The Morgan fingerprint density at radius 1 is 0.373 bits per heavy atom. The molecule has 0 saturated heterocycles. The number of hydrogen-bond acceptors (Lipinski definition) is 6. The minimum Gasteiger partial charge on any atom is -0.462 e. The topological polar surface area (TPSA) is 78.9 Å². The fraction of sp³-hybridized carbons (Fsp3) is 0.604. The summed E-state index contributed by atoms with van der Waals surface area (Å²) < 4.78 is 16.6. The lowest BCUT2D eigenvalue weighted by atomic mass is 10.1. The predicted octanol–water partition coefficient (Wildman–Crippen LogP) is 15.2. The Bertz CT molecular complexity index is 1260. The molecule has 0 bridgehead atoms. The maximum Gasteiger partial charge on any atom is 0.306 e. The third-order valence-corrected chi connectivity index (χ3v) is 9.41. The van der Waals surface area contributed by atoms with Crippen molar-refractivity contribution in [3.05, 3.63) is 109 Å². The van der Waals surface area contributed by atoms with Gasteiger partial charge in [-0.15, -0.1) is 0 Å². The summed E-state index contributed by atoms with van der Waals surface area (Å²) in [5.74, 6) is -1.04. The summed E-state index contributed by atoms with van der Waals surface area (Å²) in [6, 6.07) is 0. The number of esters is 3. The molecule has 0 aromatic carbocycles. The van der Waals surface area contributed by atoms with Gasteiger partial charge in [0.25, 0.3) is 0 Å². The molecule has 0 aliphatic rings. The van der Waals surface area contributed by atoms with Gasteiger partial charge in [0, 0.05) is 19.3 Å². The summed E-state index contributed by atoms with van der Waals surface area (Å²) in [6.07, 6.45) is 62.2. The molecule has 6 heteroatoms. The normalized spacial score (nSPS) is 13.1. The second-order valence-corrected chi connectivity index (χ2v) is 15.0. The van der Waals surface area contributed by atoms with Crippen molar-refractivity contribution in [3.8, 4) is 0 Å². The lowest BCUT2D eigenvalue weighted by molar-refractivity contribution is -0.166. The number of ether oxygens (including phenoxy) is 3. The molecule has 1 atom stereocenters. The molecule has 0 heterocycles. The van der Waals surface area contributed by atoms with Gasteiger partial charge in [-0.3, -0.25) is 14.4 Å². The summed E-state index contributed by atoms with van der Waals surface area (Å²) in [5, 5.41) is 0. The molecule has 0 aliphatic carbocycles. The lowest BCUT2D eigenvalue weighted by Gasteiger charge is -2.18. The molecular weight excluding hydrogens is 733 g/mol. The summed E-state index contributed by atoms with van der Waals surface area (Å²) in [6.45, 7) is 6.24. The van der Waals surface area contributed by atoms with Gasteiger partial charge in [-0.1, -0.05) is 201 Å². The van der Waals surface area contributed by atoms with E-state index in [4.69, 9.17) is 14.2 Å². The van der Waals surface area contributed by atoms with Crippen molar-refractivity contribution in [3.63, 3.8) is 0 Å². The number of carbonyl (C=O) groups excluding carboxylic acids is 3. The van der Waals surface area contributed by atoms with Crippen LogP contribution in [0.15, 0.2) is 109 Å². The minimum atomic E-state index is -0.821. The van der Waals surface area contributed by atoms with Gasteiger partial charge in [-0.05, 0) is 77.0 Å². The highest BCUT2D eigenvalue weighted by atomic mass is 16.6. The van der Waals surface area contributed by atoms with Gasteiger partial charge < -0.3 is 14.2 Å².